The van der Waals surface area contributed by atoms with Gasteiger partial charge < -0.3 is 10.3 Å². The van der Waals surface area contributed by atoms with Crippen molar-refractivity contribution in [3.8, 4) is 0 Å². The van der Waals surface area contributed by atoms with Gasteiger partial charge in [0, 0.05) is 17.0 Å². The number of pyridine rings is 1. The van der Waals surface area contributed by atoms with E-state index >= 15 is 0 Å². The lowest BCUT2D eigenvalue weighted by Gasteiger charge is -2.02. The molecule has 0 fully saturated rings. The average molecular weight is 243 g/mol. The van der Waals surface area contributed by atoms with Crippen molar-refractivity contribution >= 4 is 34.0 Å². The van der Waals surface area contributed by atoms with Crippen LogP contribution in [0.2, 0.25) is 0 Å². The number of aromatic nitrogens is 2. The lowest BCUT2D eigenvalue weighted by Crippen LogP contribution is -2.11. The lowest BCUT2D eigenvalue weighted by molar-refractivity contribution is 0.102. The molecule has 0 unspecified atom stereocenters. The van der Waals surface area contributed by atoms with Crippen LogP contribution in [0, 0.1) is 0 Å². The molecule has 84 valence electrons. The molecule has 5 heteroatoms. The van der Waals surface area contributed by atoms with Gasteiger partial charge in [-0.15, -0.1) is 0 Å². The maximum Gasteiger partial charge on any atom is 0.257 e. The molecule has 1 amide bonds. The molecule has 0 aliphatic heterocycles. The molecule has 3 heterocycles. The highest BCUT2D eigenvalue weighted by molar-refractivity contribution is 7.08. The minimum atomic E-state index is -0.131. The first-order chi connectivity index (χ1) is 8.33. The second-order valence-electron chi connectivity index (χ2n) is 3.60. The van der Waals surface area contributed by atoms with Crippen LogP contribution in [-0.4, -0.2) is 15.9 Å². The molecule has 0 bridgehead atoms. The summed E-state index contributed by atoms with van der Waals surface area (Å²) in [5, 5.41) is 7.48. The van der Waals surface area contributed by atoms with Crippen LogP contribution < -0.4 is 5.32 Å². The average Bonchev–Trinajstić information content (AvgIpc) is 2.99. The molecule has 2 N–H and O–H groups in total. The predicted octanol–water partition coefficient (Wildman–Crippen LogP) is 2.88. The maximum atomic E-state index is 11.8. The molecule has 0 radical (unpaired) electrons. The lowest BCUT2D eigenvalue weighted by atomic mass is 10.3. The third-order valence-electron chi connectivity index (χ3n) is 2.46. The Morgan fingerprint density at radius 3 is 3.18 bits per heavy atom. The summed E-state index contributed by atoms with van der Waals surface area (Å²) < 4.78 is 0. The Morgan fingerprint density at radius 1 is 1.41 bits per heavy atom. The van der Waals surface area contributed by atoms with E-state index in [4.69, 9.17) is 0 Å². The third-order valence-corrected chi connectivity index (χ3v) is 3.15. The van der Waals surface area contributed by atoms with Gasteiger partial charge in [-0.1, -0.05) is 0 Å². The molecular weight excluding hydrogens is 234 g/mol. The number of fused-ring (bicyclic) bond motifs is 1. The van der Waals surface area contributed by atoms with E-state index in [9.17, 15) is 4.79 Å². The molecule has 17 heavy (non-hydrogen) atoms. The van der Waals surface area contributed by atoms with Gasteiger partial charge in [-0.2, -0.15) is 11.3 Å². The molecule has 0 atom stereocenters. The predicted molar refractivity (Wildman–Crippen MR) is 68.4 cm³/mol. The first kappa shape index (κ1) is 10.0. The maximum absolute atomic E-state index is 11.8. The first-order valence-corrected chi connectivity index (χ1v) is 6.04. The fraction of sp³-hybridized carbons (Fsp3) is 0. The molecule has 3 rings (SSSR count). The van der Waals surface area contributed by atoms with Crippen LogP contribution >= 0.6 is 11.3 Å². The summed E-state index contributed by atoms with van der Waals surface area (Å²) in [7, 11) is 0. The molecule has 0 aromatic carbocycles. The van der Waals surface area contributed by atoms with Gasteiger partial charge in [-0.25, -0.2) is 4.98 Å². The van der Waals surface area contributed by atoms with E-state index in [1.807, 2.05) is 29.1 Å². The van der Waals surface area contributed by atoms with Crippen LogP contribution in [0.5, 0.6) is 0 Å². The fourth-order valence-corrected chi connectivity index (χ4v) is 2.24. The minimum absolute atomic E-state index is 0.131. The van der Waals surface area contributed by atoms with Gasteiger partial charge in [0.05, 0.1) is 17.3 Å². The van der Waals surface area contributed by atoms with Gasteiger partial charge in [-0.05, 0) is 23.6 Å². The zero-order chi connectivity index (χ0) is 11.7. The van der Waals surface area contributed by atoms with E-state index < -0.39 is 0 Å². The second kappa shape index (κ2) is 4.03. The van der Waals surface area contributed by atoms with E-state index in [0.29, 0.717) is 11.4 Å². The van der Waals surface area contributed by atoms with E-state index in [2.05, 4.69) is 15.3 Å². The summed E-state index contributed by atoms with van der Waals surface area (Å²) in [6, 6.07) is 5.57. The van der Waals surface area contributed by atoms with Gasteiger partial charge in [0.15, 0.2) is 0 Å². The summed E-state index contributed by atoms with van der Waals surface area (Å²) in [6.07, 6.45) is 3.55. The van der Waals surface area contributed by atoms with Gasteiger partial charge in [0.1, 0.15) is 5.82 Å². The number of aromatic amines is 1. The number of nitrogens with one attached hydrogen (secondary N) is 2. The van der Waals surface area contributed by atoms with E-state index in [-0.39, 0.29) is 5.91 Å². The van der Waals surface area contributed by atoms with Crippen molar-refractivity contribution in [2.24, 2.45) is 0 Å². The topological polar surface area (TPSA) is 57.8 Å². The molecule has 3 aromatic rings. The number of thiophene rings is 1. The van der Waals surface area contributed by atoms with E-state index in [1.165, 1.54) is 11.3 Å². The largest absolute Gasteiger partial charge is 0.360 e. The summed E-state index contributed by atoms with van der Waals surface area (Å²) in [6.45, 7) is 0. The van der Waals surface area contributed by atoms with Gasteiger partial charge in [0.2, 0.25) is 0 Å². The van der Waals surface area contributed by atoms with Crippen LogP contribution in [0.1, 0.15) is 10.4 Å². The Labute approximate surface area is 101 Å². The molecule has 3 aromatic heterocycles. The van der Waals surface area contributed by atoms with Crippen molar-refractivity contribution in [1.82, 2.24) is 9.97 Å². The zero-order valence-corrected chi connectivity index (χ0v) is 9.62. The van der Waals surface area contributed by atoms with Crippen LogP contribution in [0.15, 0.2) is 41.4 Å². The standard InChI is InChI=1S/C12H9N3OS/c16-12(9-2-4-17-7-9)15-11-5-8-1-3-13-10(8)6-14-11/h1-7,13H,(H,14,15,16). The second-order valence-corrected chi connectivity index (χ2v) is 4.38. The number of hydrogen-bond donors (Lipinski definition) is 2. The van der Waals surface area contributed by atoms with Crippen LogP contribution in [0.25, 0.3) is 10.9 Å². The summed E-state index contributed by atoms with van der Waals surface area (Å²) >= 11 is 1.50. The number of carbonyl (C=O) groups excluding carboxylic acids is 1. The van der Waals surface area contributed by atoms with Gasteiger partial charge in [0.25, 0.3) is 5.91 Å². The smallest absolute Gasteiger partial charge is 0.257 e. The first-order valence-electron chi connectivity index (χ1n) is 5.09. The van der Waals surface area contributed by atoms with Crippen molar-refractivity contribution in [1.29, 1.82) is 0 Å². The molecule has 0 saturated heterocycles. The van der Waals surface area contributed by atoms with Crippen molar-refractivity contribution < 1.29 is 4.79 Å². The Balaban J connectivity index is 1.87. The molecular formula is C12H9N3OS. The summed E-state index contributed by atoms with van der Waals surface area (Å²) in [5.74, 6) is 0.432. The number of amides is 1. The number of rotatable bonds is 2. The summed E-state index contributed by atoms with van der Waals surface area (Å²) in [4.78, 5) is 19.0. The SMILES string of the molecule is O=C(Nc1cc2cc[nH]c2cn1)c1ccsc1. The fourth-order valence-electron chi connectivity index (χ4n) is 1.60. The molecule has 0 saturated carbocycles. The normalized spacial score (nSPS) is 10.6. The van der Waals surface area contributed by atoms with Crippen molar-refractivity contribution in [2.75, 3.05) is 5.32 Å². The minimum Gasteiger partial charge on any atom is -0.360 e. The Kier molecular flexibility index (Phi) is 2.38. The van der Waals surface area contributed by atoms with Gasteiger partial charge in [-0.3, -0.25) is 4.79 Å². The Bertz CT molecular complexity index is 657. The summed E-state index contributed by atoms with van der Waals surface area (Å²) in [5.41, 5.74) is 1.62. The van der Waals surface area contributed by atoms with Crippen LogP contribution in [-0.2, 0) is 0 Å². The van der Waals surface area contributed by atoms with Crippen LogP contribution in [0.4, 0.5) is 5.82 Å². The van der Waals surface area contributed by atoms with Crippen molar-refractivity contribution in [3.05, 3.63) is 46.9 Å². The zero-order valence-electron chi connectivity index (χ0n) is 8.81. The highest BCUT2D eigenvalue weighted by Gasteiger charge is 2.07. The highest BCUT2D eigenvalue weighted by atomic mass is 32.1. The Morgan fingerprint density at radius 2 is 2.35 bits per heavy atom. The Hall–Kier alpha value is -2.14. The number of H-pyrrole nitrogens is 1. The monoisotopic (exact) mass is 243 g/mol. The number of anilines is 1. The number of carbonyl (C=O) groups is 1. The molecule has 4 nitrogen and oxygen atoms in total. The molecule has 0 aliphatic rings. The third kappa shape index (κ3) is 1.92. The van der Waals surface area contributed by atoms with Crippen molar-refractivity contribution in [3.63, 3.8) is 0 Å². The van der Waals surface area contributed by atoms with E-state index in [0.717, 1.165) is 10.9 Å². The van der Waals surface area contributed by atoms with E-state index in [1.54, 1.807) is 12.3 Å². The number of nitrogens with zero attached hydrogens (tertiary/aromatic N) is 1. The quantitative estimate of drug-likeness (QED) is 0.727. The van der Waals surface area contributed by atoms with Gasteiger partial charge >= 0.3 is 0 Å². The number of hydrogen-bond acceptors (Lipinski definition) is 3. The molecule has 0 spiro atoms. The molecule has 0 aliphatic carbocycles. The van der Waals surface area contributed by atoms with Crippen LogP contribution in [0.3, 0.4) is 0 Å². The highest BCUT2D eigenvalue weighted by Crippen LogP contribution is 2.16. The van der Waals surface area contributed by atoms with Crippen molar-refractivity contribution in [2.45, 2.75) is 0 Å².